The van der Waals surface area contributed by atoms with Crippen LogP contribution in [0.15, 0.2) is 41.0 Å². The summed E-state index contributed by atoms with van der Waals surface area (Å²) in [6.45, 7) is 0.709. The molecule has 0 unspecified atom stereocenters. The standard InChI is InChI=1S/C20H21BrClN3O4S/c1-30(2,3)9-8-29-12-24-17(22)10-15-18(16(25(27)28)11-23-20(15)24)19(26)13-4-6-14(21)7-5-13/h4-7,10-11H,8-9,12H2,1-3H3. The van der Waals surface area contributed by atoms with Crippen molar-refractivity contribution in [3.63, 3.8) is 0 Å². The maximum atomic E-state index is 13.2. The van der Waals surface area contributed by atoms with Crippen LogP contribution in [-0.2, 0) is 11.5 Å². The molecule has 7 nitrogen and oxygen atoms in total. The second kappa shape index (κ2) is 9.05. The summed E-state index contributed by atoms with van der Waals surface area (Å²) in [4.78, 5) is 28.4. The average molecular weight is 515 g/mol. The fourth-order valence-corrected chi connectivity index (χ4v) is 3.99. The number of halogens is 2. The van der Waals surface area contributed by atoms with E-state index in [4.69, 9.17) is 16.3 Å². The molecule has 0 amide bonds. The Morgan fingerprint density at radius 2 is 1.97 bits per heavy atom. The van der Waals surface area contributed by atoms with Crippen molar-refractivity contribution in [2.75, 3.05) is 31.1 Å². The fraction of sp³-hybridized carbons (Fsp3) is 0.300. The number of ketones is 1. The molecule has 10 heteroatoms. The number of benzene rings is 1. The van der Waals surface area contributed by atoms with Crippen LogP contribution in [-0.4, -0.2) is 51.4 Å². The van der Waals surface area contributed by atoms with Crippen LogP contribution in [0, 0.1) is 10.1 Å². The van der Waals surface area contributed by atoms with Crippen molar-refractivity contribution in [1.82, 2.24) is 9.55 Å². The molecule has 0 aliphatic rings. The number of hydrogen-bond donors (Lipinski definition) is 0. The Morgan fingerprint density at radius 1 is 1.30 bits per heavy atom. The molecule has 0 fully saturated rings. The minimum absolute atomic E-state index is 0.0351. The van der Waals surface area contributed by atoms with E-state index in [-0.39, 0.29) is 18.0 Å². The maximum Gasteiger partial charge on any atom is 0.299 e. The van der Waals surface area contributed by atoms with E-state index in [1.807, 2.05) is 0 Å². The van der Waals surface area contributed by atoms with E-state index in [0.717, 1.165) is 16.4 Å². The highest BCUT2D eigenvalue weighted by molar-refractivity contribution is 9.10. The van der Waals surface area contributed by atoms with E-state index in [0.29, 0.717) is 28.4 Å². The van der Waals surface area contributed by atoms with Gasteiger partial charge in [-0.2, -0.15) is 0 Å². The van der Waals surface area contributed by atoms with Crippen LogP contribution in [0.4, 0.5) is 5.69 Å². The van der Waals surface area contributed by atoms with Gasteiger partial charge in [-0.15, -0.1) is 0 Å². The molecule has 160 valence electrons. The number of carbonyl (C=O) groups excluding carboxylic acids is 1. The highest BCUT2D eigenvalue weighted by atomic mass is 79.9. The lowest BCUT2D eigenvalue weighted by atomic mass is 10.0. The molecule has 0 spiro atoms. The Kier molecular flexibility index (Phi) is 6.86. The number of pyridine rings is 1. The van der Waals surface area contributed by atoms with Crippen LogP contribution in [0.1, 0.15) is 15.9 Å². The largest absolute Gasteiger partial charge is 0.360 e. The van der Waals surface area contributed by atoms with E-state index in [2.05, 4.69) is 39.7 Å². The molecule has 0 saturated heterocycles. The molecule has 3 aromatic rings. The molecule has 30 heavy (non-hydrogen) atoms. The molecule has 0 bridgehead atoms. The number of ether oxygens (including phenoxy) is 1. The van der Waals surface area contributed by atoms with Gasteiger partial charge in [0.05, 0.1) is 11.5 Å². The van der Waals surface area contributed by atoms with Crippen LogP contribution in [0.5, 0.6) is 0 Å². The Hall–Kier alpha value is -1.94. The first-order chi connectivity index (χ1) is 14.1. The molecule has 0 saturated carbocycles. The molecule has 0 atom stereocenters. The van der Waals surface area contributed by atoms with Crippen LogP contribution in [0.3, 0.4) is 0 Å². The predicted molar refractivity (Wildman–Crippen MR) is 125 cm³/mol. The number of fused-ring (bicyclic) bond motifs is 1. The Morgan fingerprint density at radius 3 is 2.57 bits per heavy atom. The number of hydrogen-bond acceptors (Lipinski definition) is 5. The summed E-state index contributed by atoms with van der Waals surface area (Å²) in [5.74, 6) is 0.475. The summed E-state index contributed by atoms with van der Waals surface area (Å²) in [6.07, 6.45) is 7.71. The third-order valence-electron chi connectivity index (χ3n) is 4.44. The third kappa shape index (κ3) is 5.03. The van der Waals surface area contributed by atoms with Gasteiger partial charge in [0.1, 0.15) is 29.3 Å². The van der Waals surface area contributed by atoms with Crippen LogP contribution >= 0.6 is 37.6 Å². The summed E-state index contributed by atoms with van der Waals surface area (Å²) < 4.78 is 8.16. The van der Waals surface area contributed by atoms with Gasteiger partial charge < -0.3 is 4.74 Å². The fourth-order valence-electron chi connectivity index (χ4n) is 2.87. The summed E-state index contributed by atoms with van der Waals surface area (Å²) in [5, 5.41) is 12.2. The minimum atomic E-state index is -0.690. The molecule has 0 aliphatic heterocycles. The predicted octanol–water partition coefficient (Wildman–Crippen LogP) is 5.26. The lowest BCUT2D eigenvalue weighted by Crippen LogP contribution is -2.11. The SMILES string of the molecule is CS(C)(C)CCOCn1c(Cl)cc2c(C(=O)c3ccc(Br)cc3)c([N+](=O)[O-])cnc21. The molecular formula is C20H21BrClN3O4S. The van der Waals surface area contributed by atoms with Crippen LogP contribution in [0.25, 0.3) is 11.0 Å². The van der Waals surface area contributed by atoms with Crippen molar-refractivity contribution in [3.8, 4) is 0 Å². The first-order valence-electron chi connectivity index (χ1n) is 8.94. The molecule has 0 aliphatic carbocycles. The van der Waals surface area contributed by atoms with E-state index in [9.17, 15) is 14.9 Å². The van der Waals surface area contributed by atoms with E-state index < -0.39 is 20.7 Å². The van der Waals surface area contributed by atoms with Gasteiger partial charge >= 0.3 is 0 Å². The summed E-state index contributed by atoms with van der Waals surface area (Å²) in [7, 11) is -0.690. The first kappa shape index (κ1) is 22.7. The Labute approximate surface area is 189 Å². The third-order valence-corrected chi connectivity index (χ3v) is 6.68. The zero-order chi connectivity index (χ0) is 22.1. The molecule has 1 aromatic carbocycles. The van der Waals surface area contributed by atoms with Gasteiger partial charge in [0.15, 0.2) is 0 Å². The maximum absolute atomic E-state index is 13.2. The summed E-state index contributed by atoms with van der Waals surface area (Å²) in [5.41, 5.74) is 0.310. The van der Waals surface area contributed by atoms with Gasteiger partial charge in [-0.1, -0.05) is 27.5 Å². The van der Waals surface area contributed by atoms with E-state index >= 15 is 0 Å². The van der Waals surface area contributed by atoms with Gasteiger partial charge in [-0.25, -0.2) is 15.0 Å². The highest BCUT2D eigenvalue weighted by Crippen LogP contribution is 2.34. The molecule has 3 rings (SSSR count). The average Bonchev–Trinajstić information content (AvgIpc) is 2.99. The van der Waals surface area contributed by atoms with Gasteiger partial charge in [0, 0.05) is 21.2 Å². The Bertz CT molecular complexity index is 1110. The topological polar surface area (TPSA) is 87.3 Å². The first-order valence-corrected chi connectivity index (χ1v) is 13.1. The quantitative estimate of drug-likeness (QED) is 0.177. The number of aromatic nitrogens is 2. The lowest BCUT2D eigenvalue weighted by molar-refractivity contribution is -0.385. The van der Waals surface area contributed by atoms with Crippen molar-refractivity contribution in [2.45, 2.75) is 6.73 Å². The molecule has 2 aromatic heterocycles. The monoisotopic (exact) mass is 513 g/mol. The van der Waals surface area contributed by atoms with Crippen molar-refractivity contribution >= 4 is 60.1 Å². The second-order valence-corrected chi connectivity index (χ2v) is 13.5. The van der Waals surface area contributed by atoms with E-state index in [1.54, 1.807) is 28.8 Å². The number of carbonyl (C=O) groups is 1. The molecular weight excluding hydrogens is 494 g/mol. The zero-order valence-corrected chi connectivity index (χ0v) is 19.9. The second-order valence-electron chi connectivity index (χ2n) is 7.58. The Balaban J connectivity index is 2.03. The normalized spacial score (nSPS) is 12.3. The number of rotatable bonds is 8. The van der Waals surface area contributed by atoms with Gasteiger partial charge in [-0.3, -0.25) is 19.5 Å². The van der Waals surface area contributed by atoms with Crippen molar-refractivity contribution in [2.24, 2.45) is 0 Å². The van der Waals surface area contributed by atoms with Crippen molar-refractivity contribution in [3.05, 3.63) is 67.4 Å². The van der Waals surface area contributed by atoms with E-state index in [1.165, 1.54) is 6.07 Å². The minimum Gasteiger partial charge on any atom is -0.360 e. The summed E-state index contributed by atoms with van der Waals surface area (Å²) in [6, 6.07) is 8.17. The highest BCUT2D eigenvalue weighted by Gasteiger charge is 2.27. The number of nitrogens with zero attached hydrogens (tertiary/aromatic N) is 3. The zero-order valence-electron chi connectivity index (χ0n) is 16.7. The van der Waals surface area contributed by atoms with Gasteiger partial charge in [0.25, 0.3) is 5.69 Å². The smallest absolute Gasteiger partial charge is 0.299 e. The molecule has 2 heterocycles. The van der Waals surface area contributed by atoms with Crippen LogP contribution in [0.2, 0.25) is 5.15 Å². The van der Waals surface area contributed by atoms with Crippen molar-refractivity contribution < 1.29 is 14.5 Å². The molecule has 0 radical (unpaired) electrons. The van der Waals surface area contributed by atoms with Crippen molar-refractivity contribution in [1.29, 1.82) is 0 Å². The van der Waals surface area contributed by atoms with Gasteiger partial charge in [-0.05, 0) is 49.1 Å². The lowest BCUT2D eigenvalue weighted by Gasteiger charge is -2.24. The summed E-state index contributed by atoms with van der Waals surface area (Å²) >= 11 is 9.69. The number of nitro groups is 1. The molecule has 0 N–H and O–H groups in total. The van der Waals surface area contributed by atoms with Crippen LogP contribution < -0.4 is 0 Å². The van der Waals surface area contributed by atoms with Gasteiger partial charge in [0.2, 0.25) is 5.78 Å².